The molecule has 1 saturated heterocycles. The van der Waals surface area contributed by atoms with Gasteiger partial charge < -0.3 is 15.0 Å². The van der Waals surface area contributed by atoms with Crippen LogP contribution < -0.4 is 5.32 Å². The van der Waals surface area contributed by atoms with E-state index in [0.717, 1.165) is 50.6 Å². The van der Waals surface area contributed by atoms with Crippen molar-refractivity contribution in [3.63, 3.8) is 0 Å². The summed E-state index contributed by atoms with van der Waals surface area (Å²) in [5.74, 6) is 2.12. The normalized spacial score (nSPS) is 16.3. The van der Waals surface area contributed by atoms with Gasteiger partial charge in [0.05, 0.1) is 12.5 Å². The number of rotatable bonds is 6. The van der Waals surface area contributed by atoms with Crippen LogP contribution in [0.2, 0.25) is 0 Å². The molecule has 0 atom stereocenters. The van der Waals surface area contributed by atoms with Crippen LogP contribution in [0.1, 0.15) is 26.2 Å². The number of hydrogen-bond donors (Lipinski definition) is 1. The van der Waals surface area contributed by atoms with Crippen LogP contribution >= 0.6 is 35.7 Å². The average Bonchev–Trinajstić information content (AvgIpc) is 2.48. The Labute approximate surface area is 149 Å². The lowest BCUT2D eigenvalue weighted by atomic mass is 9.97. The van der Waals surface area contributed by atoms with E-state index in [0.29, 0.717) is 6.61 Å². The molecule has 0 saturated carbocycles. The van der Waals surface area contributed by atoms with Crippen molar-refractivity contribution in [2.75, 3.05) is 45.3 Å². The Bertz CT molecular complexity index is 321. The van der Waals surface area contributed by atoms with Gasteiger partial charge in [-0.25, -0.2) is 0 Å². The number of piperidine rings is 1. The van der Waals surface area contributed by atoms with Crippen molar-refractivity contribution < 1.29 is 9.53 Å². The Balaban J connectivity index is 0.00000400. The summed E-state index contributed by atoms with van der Waals surface area (Å²) in [7, 11) is 1.81. The number of nitrogens with zero attached hydrogens (tertiary/aromatic N) is 2. The number of likely N-dealkylation sites (tertiary alicyclic amines) is 1. The number of guanidine groups is 1. The summed E-state index contributed by atoms with van der Waals surface area (Å²) < 4.78 is 5.09. The van der Waals surface area contributed by atoms with E-state index < -0.39 is 0 Å². The molecule has 1 fully saturated rings. The second-order valence-corrected chi connectivity index (χ2v) is 5.82. The van der Waals surface area contributed by atoms with E-state index in [9.17, 15) is 4.79 Å². The van der Waals surface area contributed by atoms with Gasteiger partial charge in [-0.1, -0.05) is 0 Å². The van der Waals surface area contributed by atoms with Crippen molar-refractivity contribution in [2.24, 2.45) is 10.9 Å². The Kier molecular flexibility index (Phi) is 12.3. The second kappa shape index (κ2) is 12.4. The number of esters is 1. The van der Waals surface area contributed by atoms with E-state index >= 15 is 0 Å². The summed E-state index contributed by atoms with van der Waals surface area (Å²) in [6.07, 6.45) is 4.96. The van der Waals surface area contributed by atoms with Crippen LogP contribution in [-0.2, 0) is 9.53 Å². The van der Waals surface area contributed by atoms with Crippen LogP contribution in [0.4, 0.5) is 0 Å². The predicted molar refractivity (Wildman–Crippen MR) is 101 cm³/mol. The fourth-order valence-corrected chi connectivity index (χ4v) is 2.77. The Morgan fingerprint density at radius 3 is 2.62 bits per heavy atom. The van der Waals surface area contributed by atoms with Crippen LogP contribution in [0.3, 0.4) is 0 Å². The highest BCUT2D eigenvalue weighted by Crippen LogP contribution is 2.18. The Morgan fingerprint density at radius 2 is 2.10 bits per heavy atom. The van der Waals surface area contributed by atoms with E-state index in [4.69, 9.17) is 4.74 Å². The van der Waals surface area contributed by atoms with Gasteiger partial charge in [-0.3, -0.25) is 9.79 Å². The Morgan fingerprint density at radius 1 is 1.43 bits per heavy atom. The van der Waals surface area contributed by atoms with Gasteiger partial charge in [-0.15, -0.1) is 24.0 Å². The maximum Gasteiger partial charge on any atom is 0.309 e. The van der Waals surface area contributed by atoms with Gasteiger partial charge in [-0.2, -0.15) is 11.8 Å². The molecule has 21 heavy (non-hydrogen) atoms. The topological polar surface area (TPSA) is 53.9 Å². The number of hydrogen-bond acceptors (Lipinski definition) is 4. The molecule has 0 spiro atoms. The predicted octanol–water partition coefficient (Wildman–Crippen LogP) is 2.21. The highest BCUT2D eigenvalue weighted by molar-refractivity contribution is 14.0. The van der Waals surface area contributed by atoms with Crippen molar-refractivity contribution >= 4 is 47.7 Å². The molecule has 0 amide bonds. The highest BCUT2D eigenvalue weighted by Gasteiger charge is 2.27. The minimum absolute atomic E-state index is 0. The average molecular weight is 429 g/mol. The molecule has 1 heterocycles. The van der Waals surface area contributed by atoms with Crippen LogP contribution in [-0.4, -0.2) is 62.1 Å². The van der Waals surface area contributed by atoms with Crippen molar-refractivity contribution in [1.29, 1.82) is 0 Å². The monoisotopic (exact) mass is 429 g/mol. The summed E-state index contributed by atoms with van der Waals surface area (Å²) in [5, 5.41) is 3.39. The smallest absolute Gasteiger partial charge is 0.309 e. The van der Waals surface area contributed by atoms with E-state index in [-0.39, 0.29) is 35.9 Å². The zero-order valence-electron chi connectivity index (χ0n) is 13.3. The molecule has 0 radical (unpaired) electrons. The summed E-state index contributed by atoms with van der Waals surface area (Å²) in [5.41, 5.74) is 0. The molecular weight excluding hydrogens is 401 g/mol. The van der Waals surface area contributed by atoms with Gasteiger partial charge in [-0.05, 0) is 38.2 Å². The maximum atomic E-state index is 11.7. The first-order chi connectivity index (χ1) is 9.72. The minimum atomic E-state index is -0.0462. The summed E-state index contributed by atoms with van der Waals surface area (Å²) >= 11 is 1.86. The summed E-state index contributed by atoms with van der Waals surface area (Å²) in [6.45, 7) is 5.01. The fraction of sp³-hybridized carbons (Fsp3) is 0.857. The van der Waals surface area contributed by atoms with E-state index in [2.05, 4.69) is 21.5 Å². The lowest BCUT2D eigenvalue weighted by Crippen LogP contribution is -2.47. The van der Waals surface area contributed by atoms with E-state index in [1.165, 1.54) is 0 Å². The molecule has 7 heteroatoms. The quantitative estimate of drug-likeness (QED) is 0.231. The van der Waals surface area contributed by atoms with Gasteiger partial charge >= 0.3 is 5.97 Å². The minimum Gasteiger partial charge on any atom is -0.466 e. The molecule has 0 bridgehead atoms. The standard InChI is InChI=1S/C14H27N3O2S.HI/c1-4-19-13(18)12-6-9-17(10-7-12)14(15-2)16-8-5-11-20-3;/h12H,4-11H2,1-3H3,(H,15,16);1H. The van der Waals surface area contributed by atoms with E-state index in [1.54, 1.807) is 0 Å². The summed E-state index contributed by atoms with van der Waals surface area (Å²) in [4.78, 5) is 18.3. The fourth-order valence-electron chi connectivity index (χ4n) is 2.34. The zero-order valence-corrected chi connectivity index (χ0v) is 16.4. The first-order valence-electron chi connectivity index (χ1n) is 7.34. The molecule has 1 aliphatic heterocycles. The molecule has 0 unspecified atom stereocenters. The lowest BCUT2D eigenvalue weighted by Gasteiger charge is -2.33. The molecule has 0 aromatic heterocycles. The van der Waals surface area contributed by atoms with Crippen molar-refractivity contribution in [3.8, 4) is 0 Å². The van der Waals surface area contributed by atoms with Crippen LogP contribution in [0.5, 0.6) is 0 Å². The van der Waals surface area contributed by atoms with Crippen LogP contribution in [0.15, 0.2) is 4.99 Å². The van der Waals surface area contributed by atoms with Gasteiger partial charge in [0.2, 0.25) is 0 Å². The lowest BCUT2D eigenvalue weighted by molar-refractivity contribution is -0.149. The molecule has 1 N–H and O–H groups in total. The van der Waals surface area contributed by atoms with Gasteiger partial charge in [0, 0.05) is 26.7 Å². The third kappa shape index (κ3) is 7.58. The van der Waals surface area contributed by atoms with E-state index in [1.807, 2.05) is 25.7 Å². The molecule has 0 aromatic carbocycles. The van der Waals surface area contributed by atoms with Crippen molar-refractivity contribution in [1.82, 2.24) is 10.2 Å². The van der Waals surface area contributed by atoms with Crippen LogP contribution in [0, 0.1) is 5.92 Å². The second-order valence-electron chi connectivity index (χ2n) is 4.83. The molecular formula is C14H28IN3O2S. The van der Waals surface area contributed by atoms with Gasteiger partial charge in [0.1, 0.15) is 0 Å². The number of nitrogens with one attached hydrogen (secondary N) is 1. The first kappa shape index (κ1) is 20.8. The molecule has 0 aromatic rings. The molecule has 1 aliphatic rings. The van der Waals surface area contributed by atoms with Gasteiger partial charge in [0.15, 0.2) is 5.96 Å². The Hall–Kier alpha value is -0.180. The first-order valence-corrected chi connectivity index (χ1v) is 8.73. The molecule has 0 aliphatic carbocycles. The summed E-state index contributed by atoms with van der Waals surface area (Å²) in [6, 6.07) is 0. The number of thioether (sulfide) groups is 1. The maximum absolute atomic E-state index is 11.7. The van der Waals surface area contributed by atoms with Crippen molar-refractivity contribution in [2.45, 2.75) is 26.2 Å². The molecule has 1 rings (SSSR count). The van der Waals surface area contributed by atoms with Gasteiger partial charge in [0.25, 0.3) is 0 Å². The zero-order chi connectivity index (χ0) is 14.8. The number of ether oxygens (including phenoxy) is 1. The number of carbonyl (C=O) groups is 1. The molecule has 124 valence electrons. The number of halogens is 1. The number of carbonyl (C=O) groups excluding carboxylic acids is 1. The van der Waals surface area contributed by atoms with Crippen molar-refractivity contribution in [3.05, 3.63) is 0 Å². The largest absolute Gasteiger partial charge is 0.466 e. The SMILES string of the molecule is CCOC(=O)C1CCN(C(=NC)NCCCSC)CC1.I. The molecule has 5 nitrogen and oxygen atoms in total. The highest BCUT2D eigenvalue weighted by atomic mass is 127. The third-order valence-corrected chi connectivity index (χ3v) is 4.13. The van der Waals surface area contributed by atoms with Crippen LogP contribution in [0.25, 0.3) is 0 Å². The number of aliphatic imine (C=N–C) groups is 1. The third-order valence-electron chi connectivity index (χ3n) is 3.43.